The van der Waals surface area contributed by atoms with Crippen LogP contribution in [0.15, 0.2) is 72.8 Å². The number of aryl methyl sites for hydroxylation is 1. The first-order chi connectivity index (χ1) is 18.6. The van der Waals surface area contributed by atoms with Crippen LogP contribution in [0.4, 0.5) is 0 Å². The fraction of sp³-hybridized carbons (Fsp3) is 0.389. The van der Waals surface area contributed by atoms with Gasteiger partial charge in [-0.2, -0.15) is 0 Å². The maximum Gasteiger partial charge on any atom is 0.192 e. The zero-order chi connectivity index (χ0) is 29.1. The summed E-state index contributed by atoms with van der Waals surface area (Å²) in [6, 6.07) is 27.3. The minimum atomic E-state index is -2.28. The van der Waals surface area contributed by atoms with Crippen LogP contribution in [-0.2, 0) is 17.5 Å². The zero-order valence-electron chi connectivity index (χ0n) is 25.9. The lowest BCUT2D eigenvalue weighted by molar-refractivity contribution is 0.276. The van der Waals surface area contributed by atoms with E-state index in [0.29, 0.717) is 6.61 Å². The van der Waals surface area contributed by atoms with Crippen molar-refractivity contribution in [3.05, 3.63) is 83.9 Å². The van der Waals surface area contributed by atoms with Crippen LogP contribution in [0.5, 0.6) is 0 Å². The van der Waals surface area contributed by atoms with Crippen molar-refractivity contribution >= 4 is 49.0 Å². The molecule has 40 heavy (non-hydrogen) atoms. The van der Waals surface area contributed by atoms with Gasteiger partial charge in [-0.3, -0.25) is 0 Å². The Labute approximate surface area is 243 Å². The highest BCUT2D eigenvalue weighted by atomic mass is 28.4. The van der Waals surface area contributed by atoms with Gasteiger partial charge in [0.05, 0.1) is 6.61 Å². The molecule has 0 bridgehead atoms. The number of hydrogen-bond donors (Lipinski definition) is 1. The van der Waals surface area contributed by atoms with E-state index < -0.39 is 16.6 Å². The summed E-state index contributed by atoms with van der Waals surface area (Å²) < 4.78 is 6.71. The molecule has 0 spiro atoms. The van der Waals surface area contributed by atoms with Gasteiger partial charge in [0.2, 0.25) is 0 Å². The first-order valence-electron chi connectivity index (χ1n) is 14.7. The molecule has 0 aliphatic carbocycles. The van der Waals surface area contributed by atoms with Crippen LogP contribution in [0.25, 0.3) is 43.4 Å². The van der Waals surface area contributed by atoms with Crippen molar-refractivity contribution in [1.82, 2.24) is 0 Å². The van der Waals surface area contributed by atoms with Crippen LogP contribution in [-0.4, -0.2) is 21.4 Å². The van der Waals surface area contributed by atoms with E-state index in [1.165, 1.54) is 54.6 Å². The average Bonchev–Trinajstić information content (AvgIpc) is 2.88. The molecule has 0 radical (unpaired) electrons. The molecule has 210 valence electrons. The maximum absolute atomic E-state index is 10.9. The Morgan fingerprint density at radius 3 is 1.90 bits per heavy atom. The predicted molar refractivity (Wildman–Crippen MR) is 180 cm³/mol. The fourth-order valence-corrected chi connectivity index (χ4v) is 7.07. The normalized spacial score (nSPS) is 13.7. The summed E-state index contributed by atoms with van der Waals surface area (Å²) >= 11 is 0. The predicted octanol–water partition coefficient (Wildman–Crippen LogP) is 10.7. The number of benzene rings is 5. The Morgan fingerprint density at radius 2 is 1.27 bits per heavy atom. The standard InChI is InChI=1S/C36H46O2Si2/c1-35(2,3)40(8,9)38-24-26-21-25(19-20-36(4,5)39(6,7)37)22-30(23-26)31-17-15-29-14-13-27-11-10-12-28-16-18-32(31)34(29)33(27)28/h10-18,21-23,37H,19-20,24H2,1-9H3. The molecular weight excluding hydrogens is 521 g/mol. The molecule has 0 saturated carbocycles. The Kier molecular flexibility index (Phi) is 7.32. The highest BCUT2D eigenvalue weighted by Crippen LogP contribution is 2.42. The molecule has 1 N–H and O–H groups in total. The van der Waals surface area contributed by atoms with Gasteiger partial charge in [0.15, 0.2) is 16.6 Å². The molecule has 0 aliphatic heterocycles. The molecule has 0 saturated heterocycles. The second kappa shape index (κ2) is 10.1. The van der Waals surface area contributed by atoms with Crippen LogP contribution in [0.2, 0.25) is 36.3 Å². The molecule has 5 aromatic carbocycles. The van der Waals surface area contributed by atoms with E-state index in [9.17, 15) is 4.80 Å². The third kappa shape index (κ3) is 5.39. The second-order valence-electron chi connectivity index (χ2n) is 14.5. The Bertz CT molecular complexity index is 1600. The molecule has 0 atom stereocenters. The lowest BCUT2D eigenvalue weighted by Gasteiger charge is -2.36. The van der Waals surface area contributed by atoms with Crippen molar-refractivity contribution < 1.29 is 9.22 Å². The highest BCUT2D eigenvalue weighted by Gasteiger charge is 2.38. The molecule has 0 heterocycles. The number of rotatable bonds is 8. The lowest BCUT2D eigenvalue weighted by atomic mass is 9.88. The molecule has 0 unspecified atom stereocenters. The zero-order valence-corrected chi connectivity index (χ0v) is 27.9. The van der Waals surface area contributed by atoms with Crippen LogP contribution in [0, 0.1) is 0 Å². The summed E-state index contributed by atoms with van der Waals surface area (Å²) in [4.78, 5) is 10.9. The van der Waals surface area contributed by atoms with Gasteiger partial charge in [-0.05, 0) is 110 Å². The summed E-state index contributed by atoms with van der Waals surface area (Å²) in [5, 5.41) is 8.00. The van der Waals surface area contributed by atoms with E-state index in [0.717, 1.165) is 12.8 Å². The van der Waals surface area contributed by atoms with Crippen molar-refractivity contribution in [3.63, 3.8) is 0 Å². The quantitative estimate of drug-likeness (QED) is 0.149. The van der Waals surface area contributed by atoms with E-state index in [4.69, 9.17) is 4.43 Å². The van der Waals surface area contributed by atoms with Crippen LogP contribution in [0.1, 0.15) is 52.2 Å². The first-order valence-corrected chi connectivity index (χ1v) is 20.6. The third-order valence-electron chi connectivity index (χ3n) is 9.99. The summed E-state index contributed by atoms with van der Waals surface area (Å²) in [6.45, 7) is 20.8. The van der Waals surface area contributed by atoms with Gasteiger partial charge in [0.25, 0.3) is 0 Å². The van der Waals surface area contributed by atoms with Crippen molar-refractivity contribution in [2.24, 2.45) is 0 Å². The molecule has 5 rings (SSSR count). The van der Waals surface area contributed by atoms with Crippen molar-refractivity contribution in [3.8, 4) is 11.1 Å². The highest BCUT2D eigenvalue weighted by molar-refractivity contribution is 6.74. The van der Waals surface area contributed by atoms with Crippen LogP contribution >= 0.6 is 0 Å². The van der Waals surface area contributed by atoms with Crippen molar-refractivity contribution in [2.75, 3.05) is 0 Å². The van der Waals surface area contributed by atoms with E-state index in [1.54, 1.807) is 0 Å². The number of hydrogen-bond acceptors (Lipinski definition) is 2. The molecule has 2 nitrogen and oxygen atoms in total. The van der Waals surface area contributed by atoms with Gasteiger partial charge in [0.1, 0.15) is 0 Å². The smallest absolute Gasteiger partial charge is 0.192 e. The van der Waals surface area contributed by atoms with Gasteiger partial charge in [-0.15, -0.1) is 0 Å². The fourth-order valence-electron chi connectivity index (χ4n) is 5.38. The van der Waals surface area contributed by atoms with Crippen LogP contribution < -0.4 is 0 Å². The van der Waals surface area contributed by atoms with Gasteiger partial charge in [-0.1, -0.05) is 101 Å². The largest absolute Gasteiger partial charge is 0.432 e. The van der Waals surface area contributed by atoms with Gasteiger partial charge >= 0.3 is 0 Å². The molecule has 4 heteroatoms. The summed E-state index contributed by atoms with van der Waals surface area (Å²) in [5.74, 6) is 0. The molecule has 0 aliphatic rings. The second-order valence-corrected chi connectivity index (χ2v) is 23.8. The molecular formula is C36H46O2Si2. The van der Waals surface area contributed by atoms with Gasteiger partial charge in [-0.25, -0.2) is 0 Å². The third-order valence-corrected chi connectivity index (χ3v) is 18.0. The molecule has 0 amide bonds. The van der Waals surface area contributed by atoms with Gasteiger partial charge in [0, 0.05) is 0 Å². The topological polar surface area (TPSA) is 29.5 Å². The Hall–Kier alpha value is -2.51. The van der Waals surface area contributed by atoms with Gasteiger partial charge < -0.3 is 9.22 Å². The Morgan fingerprint density at radius 1 is 0.700 bits per heavy atom. The minimum Gasteiger partial charge on any atom is -0.432 e. The van der Waals surface area contributed by atoms with E-state index >= 15 is 0 Å². The Balaban J connectivity index is 1.62. The molecule has 5 aromatic rings. The first kappa shape index (κ1) is 29.0. The maximum atomic E-state index is 10.9. The lowest BCUT2D eigenvalue weighted by Crippen LogP contribution is -2.40. The van der Waals surface area contributed by atoms with Crippen molar-refractivity contribution in [1.29, 1.82) is 0 Å². The SMILES string of the molecule is CC(C)(CCc1cc(CO[Si](C)(C)C(C)(C)C)cc(-c2ccc3ccc4cccc5ccc2c3c45)c1)[Si](C)(C)O. The monoisotopic (exact) mass is 566 g/mol. The van der Waals surface area contributed by atoms with E-state index in [1.807, 2.05) is 0 Å². The average molecular weight is 567 g/mol. The van der Waals surface area contributed by atoms with E-state index in [2.05, 4.69) is 134 Å². The summed E-state index contributed by atoms with van der Waals surface area (Å²) in [6.07, 6.45) is 1.91. The summed E-state index contributed by atoms with van der Waals surface area (Å²) in [5.41, 5.74) is 5.09. The van der Waals surface area contributed by atoms with Crippen molar-refractivity contribution in [2.45, 2.75) is 90.3 Å². The molecule has 0 fully saturated rings. The van der Waals surface area contributed by atoms with E-state index in [-0.39, 0.29) is 10.1 Å². The van der Waals surface area contributed by atoms with Crippen LogP contribution in [0.3, 0.4) is 0 Å². The minimum absolute atomic E-state index is 0.0617. The molecule has 0 aromatic heterocycles. The summed E-state index contributed by atoms with van der Waals surface area (Å²) in [7, 11) is -4.17.